The number of H-pyrrole nitrogens is 1. The van der Waals surface area contributed by atoms with Gasteiger partial charge in [0.05, 0.1) is 6.20 Å². The Balaban J connectivity index is 2.12. The zero-order chi connectivity index (χ0) is 7.26. The average Bonchev–Trinajstić information content (AvgIpc) is 2.58. The monoisotopic (exact) mass is 149 g/mol. The van der Waals surface area contributed by atoms with Crippen LogP contribution < -0.4 is 5.32 Å². The van der Waals surface area contributed by atoms with Gasteiger partial charge in [0.2, 0.25) is 0 Å². The minimum atomic E-state index is 0.714. The van der Waals surface area contributed by atoms with Gasteiger partial charge in [-0.25, -0.2) is 0 Å². The van der Waals surface area contributed by atoms with Crippen LogP contribution >= 0.6 is 0 Å². The van der Waals surface area contributed by atoms with Gasteiger partial charge in [-0.1, -0.05) is 0 Å². The Morgan fingerprint density at radius 2 is 2.55 bits per heavy atom. The standard InChI is InChI=1S/C8H11N3/c1-5-3-9-7(1)2-6-4-10-11-8(5)6/h4-5,7,9H,1-3H2,(H,10,11). The van der Waals surface area contributed by atoms with Crippen LogP contribution in [0.1, 0.15) is 23.6 Å². The Labute approximate surface area is 65.2 Å². The van der Waals surface area contributed by atoms with Gasteiger partial charge < -0.3 is 5.32 Å². The Hall–Kier alpha value is -0.830. The molecule has 58 valence electrons. The minimum Gasteiger partial charge on any atom is -0.313 e. The van der Waals surface area contributed by atoms with E-state index >= 15 is 0 Å². The minimum absolute atomic E-state index is 0.714. The summed E-state index contributed by atoms with van der Waals surface area (Å²) >= 11 is 0. The highest BCUT2D eigenvalue weighted by atomic mass is 15.1. The fourth-order valence-electron chi connectivity index (χ4n) is 2.30. The summed E-state index contributed by atoms with van der Waals surface area (Å²) in [5, 5.41) is 10.7. The SMILES string of the molecule is c1n[nH]c2c1CC1CC2CN1. The molecule has 2 N–H and O–H groups in total. The van der Waals surface area contributed by atoms with Crippen LogP contribution in [-0.4, -0.2) is 22.8 Å². The van der Waals surface area contributed by atoms with Gasteiger partial charge in [0, 0.05) is 24.2 Å². The maximum Gasteiger partial charge on any atom is 0.0522 e. The second-order valence-electron chi connectivity index (χ2n) is 3.55. The van der Waals surface area contributed by atoms with Gasteiger partial charge in [-0.05, 0) is 18.4 Å². The number of hydrogen-bond donors (Lipinski definition) is 2. The third kappa shape index (κ3) is 0.688. The van der Waals surface area contributed by atoms with Gasteiger partial charge in [0.25, 0.3) is 0 Å². The first-order valence-corrected chi connectivity index (χ1v) is 4.19. The lowest BCUT2D eigenvalue weighted by Gasteiger charge is -2.16. The second kappa shape index (κ2) is 1.85. The largest absolute Gasteiger partial charge is 0.313 e. The fraction of sp³-hybridized carbons (Fsp3) is 0.625. The number of aromatic nitrogens is 2. The first-order valence-electron chi connectivity index (χ1n) is 4.19. The highest BCUT2D eigenvalue weighted by molar-refractivity contribution is 5.28. The van der Waals surface area contributed by atoms with Crippen molar-refractivity contribution in [3.63, 3.8) is 0 Å². The Kier molecular flexibility index (Phi) is 0.973. The molecule has 1 aliphatic heterocycles. The van der Waals surface area contributed by atoms with Gasteiger partial charge in [0.1, 0.15) is 0 Å². The molecule has 1 aromatic heterocycles. The summed E-state index contributed by atoms with van der Waals surface area (Å²) in [7, 11) is 0. The molecule has 2 heterocycles. The molecular weight excluding hydrogens is 138 g/mol. The first-order chi connectivity index (χ1) is 5.43. The molecule has 2 bridgehead atoms. The van der Waals surface area contributed by atoms with E-state index in [1.807, 2.05) is 6.20 Å². The predicted octanol–water partition coefficient (Wildman–Crippen LogP) is 0.411. The zero-order valence-corrected chi connectivity index (χ0v) is 6.30. The average molecular weight is 149 g/mol. The van der Waals surface area contributed by atoms with E-state index in [-0.39, 0.29) is 0 Å². The van der Waals surface area contributed by atoms with Crippen molar-refractivity contribution in [3.05, 3.63) is 17.5 Å². The number of nitrogens with zero attached hydrogens (tertiary/aromatic N) is 1. The van der Waals surface area contributed by atoms with Crippen LogP contribution in [-0.2, 0) is 6.42 Å². The molecule has 0 amide bonds. The molecule has 11 heavy (non-hydrogen) atoms. The van der Waals surface area contributed by atoms with E-state index < -0.39 is 0 Å². The van der Waals surface area contributed by atoms with Crippen molar-refractivity contribution in [2.45, 2.75) is 24.8 Å². The highest BCUT2D eigenvalue weighted by Gasteiger charge is 2.33. The zero-order valence-electron chi connectivity index (χ0n) is 6.30. The van der Waals surface area contributed by atoms with Gasteiger partial charge in [-0.2, -0.15) is 5.10 Å². The molecule has 2 atom stereocenters. The first kappa shape index (κ1) is 5.77. The van der Waals surface area contributed by atoms with Crippen LogP contribution in [0.2, 0.25) is 0 Å². The second-order valence-corrected chi connectivity index (χ2v) is 3.55. The molecule has 3 heteroatoms. The molecular formula is C8H11N3. The van der Waals surface area contributed by atoms with Gasteiger partial charge >= 0.3 is 0 Å². The quantitative estimate of drug-likeness (QED) is 0.561. The summed E-state index contributed by atoms with van der Waals surface area (Å²) in [6, 6.07) is 0.727. The lowest BCUT2D eigenvalue weighted by atomic mass is 9.89. The van der Waals surface area contributed by atoms with Crippen LogP contribution in [0.15, 0.2) is 6.20 Å². The summed E-state index contributed by atoms with van der Waals surface area (Å²) in [4.78, 5) is 0. The van der Waals surface area contributed by atoms with Crippen molar-refractivity contribution in [2.24, 2.45) is 0 Å². The Morgan fingerprint density at radius 3 is 3.55 bits per heavy atom. The maximum atomic E-state index is 4.07. The smallest absolute Gasteiger partial charge is 0.0522 e. The van der Waals surface area contributed by atoms with Gasteiger partial charge in [-0.3, -0.25) is 5.10 Å². The Bertz CT molecular complexity index is 279. The normalized spacial score (nSPS) is 33.8. The van der Waals surface area contributed by atoms with E-state index in [1.54, 1.807) is 0 Å². The molecule has 2 unspecified atom stereocenters. The molecule has 1 aromatic rings. The molecule has 2 aliphatic rings. The predicted molar refractivity (Wildman–Crippen MR) is 41.4 cm³/mol. The Morgan fingerprint density at radius 1 is 1.55 bits per heavy atom. The molecule has 1 fully saturated rings. The van der Waals surface area contributed by atoms with Crippen LogP contribution in [0.25, 0.3) is 0 Å². The molecule has 1 saturated heterocycles. The maximum absolute atomic E-state index is 4.07. The molecule has 0 radical (unpaired) electrons. The lowest BCUT2D eigenvalue weighted by Crippen LogP contribution is -2.23. The van der Waals surface area contributed by atoms with Crippen molar-refractivity contribution >= 4 is 0 Å². The summed E-state index contributed by atoms with van der Waals surface area (Å²) in [6.45, 7) is 1.14. The number of aromatic amines is 1. The van der Waals surface area contributed by atoms with Crippen LogP contribution in [0.3, 0.4) is 0 Å². The van der Waals surface area contributed by atoms with Crippen molar-refractivity contribution < 1.29 is 0 Å². The van der Waals surface area contributed by atoms with Gasteiger partial charge in [0.15, 0.2) is 0 Å². The van der Waals surface area contributed by atoms with Crippen LogP contribution in [0, 0.1) is 0 Å². The van der Waals surface area contributed by atoms with Crippen LogP contribution in [0.5, 0.6) is 0 Å². The molecule has 0 saturated carbocycles. The summed E-state index contributed by atoms with van der Waals surface area (Å²) in [5.41, 5.74) is 2.81. The van der Waals surface area contributed by atoms with E-state index in [4.69, 9.17) is 0 Å². The molecule has 0 spiro atoms. The summed E-state index contributed by atoms with van der Waals surface area (Å²) in [6.07, 6.45) is 4.44. The molecule has 1 aliphatic carbocycles. The van der Waals surface area contributed by atoms with Crippen molar-refractivity contribution in [1.29, 1.82) is 0 Å². The third-order valence-electron chi connectivity index (χ3n) is 2.85. The van der Waals surface area contributed by atoms with Crippen molar-refractivity contribution in [1.82, 2.24) is 15.5 Å². The third-order valence-corrected chi connectivity index (χ3v) is 2.85. The highest BCUT2D eigenvalue weighted by Crippen LogP contribution is 2.33. The van der Waals surface area contributed by atoms with Crippen molar-refractivity contribution in [2.75, 3.05) is 6.54 Å². The van der Waals surface area contributed by atoms with E-state index in [2.05, 4.69) is 15.5 Å². The molecule has 0 aromatic carbocycles. The van der Waals surface area contributed by atoms with Crippen molar-refractivity contribution in [3.8, 4) is 0 Å². The van der Waals surface area contributed by atoms with E-state index in [0.717, 1.165) is 12.6 Å². The number of rotatable bonds is 0. The lowest BCUT2D eigenvalue weighted by molar-refractivity contribution is 0.571. The number of hydrogen-bond acceptors (Lipinski definition) is 2. The molecule has 3 nitrogen and oxygen atoms in total. The fourth-order valence-corrected chi connectivity index (χ4v) is 2.30. The molecule has 3 rings (SSSR count). The topological polar surface area (TPSA) is 40.7 Å². The van der Waals surface area contributed by atoms with E-state index in [1.165, 1.54) is 24.1 Å². The van der Waals surface area contributed by atoms with E-state index in [0.29, 0.717) is 5.92 Å². The van der Waals surface area contributed by atoms with E-state index in [9.17, 15) is 0 Å². The van der Waals surface area contributed by atoms with Gasteiger partial charge in [-0.15, -0.1) is 0 Å². The number of nitrogens with one attached hydrogen (secondary N) is 2. The number of fused-ring (bicyclic) bond motifs is 4. The summed E-state index contributed by atoms with van der Waals surface area (Å²) < 4.78 is 0. The summed E-state index contributed by atoms with van der Waals surface area (Å²) in [5.74, 6) is 0.714. The van der Waals surface area contributed by atoms with Crippen LogP contribution in [0.4, 0.5) is 0 Å².